The summed E-state index contributed by atoms with van der Waals surface area (Å²) in [5.41, 5.74) is 7.82. The third-order valence-electron chi connectivity index (χ3n) is 0.925. The fourth-order valence-corrected chi connectivity index (χ4v) is 0.477. The van der Waals surface area contributed by atoms with E-state index in [0.29, 0.717) is 6.54 Å². The second kappa shape index (κ2) is 6.31. The van der Waals surface area contributed by atoms with Gasteiger partial charge >= 0.3 is 0 Å². The minimum Gasteiger partial charge on any atom is -0.0940 e. The van der Waals surface area contributed by atoms with Gasteiger partial charge in [0, 0.05) is 11.5 Å². The molecule has 0 amide bonds. The predicted molar refractivity (Wildman–Crippen MR) is 33.5 cm³/mol. The van der Waals surface area contributed by atoms with Crippen LogP contribution in [0.5, 0.6) is 0 Å². The average molecular weight is 113 g/mol. The van der Waals surface area contributed by atoms with Crippen molar-refractivity contribution in [1.29, 1.82) is 0 Å². The molecule has 0 atom stereocenters. The summed E-state index contributed by atoms with van der Waals surface area (Å²) in [6.07, 6.45) is 3.38. The smallest absolute Gasteiger partial charge is 0.0257 e. The van der Waals surface area contributed by atoms with Crippen LogP contribution in [0.1, 0.15) is 26.2 Å². The molecule has 0 N–H and O–H groups in total. The number of rotatable bonds is 4. The summed E-state index contributed by atoms with van der Waals surface area (Å²) in [6, 6.07) is 0. The van der Waals surface area contributed by atoms with Crippen LogP contribution in [-0.2, 0) is 0 Å². The summed E-state index contributed by atoms with van der Waals surface area (Å²) >= 11 is 0. The van der Waals surface area contributed by atoms with Crippen LogP contribution in [0.3, 0.4) is 0 Å². The SMILES string of the molecule is CCCCCN=[N+]=[N-]. The van der Waals surface area contributed by atoms with Gasteiger partial charge < -0.3 is 0 Å². The van der Waals surface area contributed by atoms with Crippen LogP contribution in [0.2, 0.25) is 0 Å². The summed E-state index contributed by atoms with van der Waals surface area (Å²) in [5.74, 6) is 0. The molecule has 0 aromatic carbocycles. The molecule has 0 saturated carbocycles. The molecule has 0 bridgehead atoms. The molecule has 0 radical (unpaired) electrons. The largest absolute Gasteiger partial charge is 0.0940 e. The molecule has 0 heterocycles. The van der Waals surface area contributed by atoms with Crippen molar-refractivity contribution in [3.05, 3.63) is 10.4 Å². The van der Waals surface area contributed by atoms with E-state index in [4.69, 9.17) is 5.53 Å². The van der Waals surface area contributed by atoms with Gasteiger partial charge in [-0.2, -0.15) is 0 Å². The van der Waals surface area contributed by atoms with Gasteiger partial charge in [0.1, 0.15) is 0 Å². The summed E-state index contributed by atoms with van der Waals surface area (Å²) in [7, 11) is 0. The highest BCUT2D eigenvalue weighted by molar-refractivity contribution is 4.45. The molecule has 46 valence electrons. The van der Waals surface area contributed by atoms with Crippen molar-refractivity contribution in [2.45, 2.75) is 26.2 Å². The van der Waals surface area contributed by atoms with E-state index in [2.05, 4.69) is 16.9 Å². The van der Waals surface area contributed by atoms with Crippen molar-refractivity contribution in [3.63, 3.8) is 0 Å². The first-order valence-electron chi connectivity index (χ1n) is 2.92. The fraction of sp³-hybridized carbons (Fsp3) is 1.00. The zero-order valence-corrected chi connectivity index (χ0v) is 5.17. The molecule has 0 aliphatic carbocycles. The molecule has 0 aliphatic heterocycles. The van der Waals surface area contributed by atoms with E-state index in [0.717, 1.165) is 6.42 Å². The molecule has 0 spiro atoms. The standard InChI is InChI=1S/C5H11N3/c1-2-3-4-5-7-8-6/h2-5H2,1H3. The average Bonchev–Trinajstić information content (AvgIpc) is 1.81. The zero-order chi connectivity index (χ0) is 6.24. The highest BCUT2D eigenvalue weighted by Gasteiger charge is 1.79. The van der Waals surface area contributed by atoms with Crippen LogP contribution >= 0.6 is 0 Å². The van der Waals surface area contributed by atoms with Crippen molar-refractivity contribution in [2.75, 3.05) is 6.54 Å². The maximum Gasteiger partial charge on any atom is 0.0257 e. The molecule has 0 rings (SSSR count). The van der Waals surface area contributed by atoms with Gasteiger partial charge in [-0.15, -0.1) is 0 Å². The van der Waals surface area contributed by atoms with Crippen LogP contribution in [0.4, 0.5) is 0 Å². The summed E-state index contributed by atoms with van der Waals surface area (Å²) in [4.78, 5) is 2.63. The predicted octanol–water partition coefficient (Wildman–Crippen LogP) is 2.49. The van der Waals surface area contributed by atoms with Crippen molar-refractivity contribution < 1.29 is 0 Å². The Morgan fingerprint density at radius 1 is 1.50 bits per heavy atom. The van der Waals surface area contributed by atoms with E-state index < -0.39 is 0 Å². The van der Waals surface area contributed by atoms with Gasteiger partial charge in [0.05, 0.1) is 0 Å². The Hall–Kier alpha value is -0.690. The normalized spacial score (nSPS) is 8.12. The van der Waals surface area contributed by atoms with Gasteiger partial charge in [-0.1, -0.05) is 24.9 Å². The topological polar surface area (TPSA) is 48.8 Å². The van der Waals surface area contributed by atoms with Gasteiger partial charge in [-0.05, 0) is 12.0 Å². The van der Waals surface area contributed by atoms with Crippen molar-refractivity contribution in [1.82, 2.24) is 0 Å². The van der Waals surface area contributed by atoms with Crippen molar-refractivity contribution >= 4 is 0 Å². The molecular formula is C5H11N3. The molecule has 3 heteroatoms. The van der Waals surface area contributed by atoms with Crippen LogP contribution in [-0.4, -0.2) is 6.54 Å². The second-order valence-corrected chi connectivity index (χ2v) is 1.66. The summed E-state index contributed by atoms with van der Waals surface area (Å²) in [5, 5.41) is 3.39. The van der Waals surface area contributed by atoms with Crippen LogP contribution in [0, 0.1) is 0 Å². The van der Waals surface area contributed by atoms with Crippen molar-refractivity contribution in [2.24, 2.45) is 5.11 Å². The lowest BCUT2D eigenvalue weighted by molar-refractivity contribution is 0.725. The van der Waals surface area contributed by atoms with Crippen molar-refractivity contribution in [3.8, 4) is 0 Å². The molecule has 0 aromatic rings. The monoisotopic (exact) mass is 113 g/mol. The Morgan fingerprint density at radius 3 is 2.75 bits per heavy atom. The van der Waals surface area contributed by atoms with Gasteiger partial charge in [-0.25, -0.2) is 0 Å². The first-order valence-corrected chi connectivity index (χ1v) is 2.92. The third-order valence-corrected chi connectivity index (χ3v) is 0.925. The summed E-state index contributed by atoms with van der Waals surface area (Å²) in [6.45, 7) is 2.78. The Bertz CT molecular complexity index is 83.7. The lowest BCUT2D eigenvalue weighted by atomic mass is 10.3. The van der Waals surface area contributed by atoms with Gasteiger partial charge in [0.15, 0.2) is 0 Å². The van der Waals surface area contributed by atoms with Gasteiger partial charge in [0.2, 0.25) is 0 Å². The van der Waals surface area contributed by atoms with Crippen LogP contribution in [0.15, 0.2) is 5.11 Å². The van der Waals surface area contributed by atoms with Gasteiger partial charge in [-0.3, -0.25) is 0 Å². The number of azide groups is 1. The maximum absolute atomic E-state index is 7.82. The van der Waals surface area contributed by atoms with E-state index in [9.17, 15) is 0 Å². The Balaban J connectivity index is 2.82. The fourth-order valence-electron chi connectivity index (χ4n) is 0.477. The molecule has 3 nitrogen and oxygen atoms in total. The van der Waals surface area contributed by atoms with E-state index in [-0.39, 0.29) is 0 Å². The first-order chi connectivity index (χ1) is 3.91. The Morgan fingerprint density at radius 2 is 2.25 bits per heavy atom. The van der Waals surface area contributed by atoms with Crippen LogP contribution in [0.25, 0.3) is 10.4 Å². The molecule has 0 aliphatic rings. The quantitative estimate of drug-likeness (QED) is 0.233. The minimum atomic E-state index is 0.657. The lowest BCUT2D eigenvalue weighted by Gasteiger charge is -1.86. The highest BCUT2D eigenvalue weighted by Crippen LogP contribution is 1.92. The Labute approximate surface area is 49.3 Å². The minimum absolute atomic E-state index is 0.657. The van der Waals surface area contributed by atoms with E-state index in [1.165, 1.54) is 12.8 Å². The van der Waals surface area contributed by atoms with E-state index >= 15 is 0 Å². The molecule has 0 aromatic heterocycles. The Kier molecular flexibility index (Phi) is 5.77. The number of hydrogen-bond donors (Lipinski definition) is 0. The molecule has 8 heavy (non-hydrogen) atoms. The maximum atomic E-state index is 7.82. The highest BCUT2D eigenvalue weighted by atomic mass is 15.1. The first kappa shape index (κ1) is 7.31. The molecule has 0 saturated heterocycles. The lowest BCUT2D eigenvalue weighted by Crippen LogP contribution is -1.76. The third kappa shape index (κ3) is 5.31. The van der Waals surface area contributed by atoms with Crippen LogP contribution < -0.4 is 0 Å². The second-order valence-electron chi connectivity index (χ2n) is 1.66. The summed E-state index contributed by atoms with van der Waals surface area (Å²) < 4.78 is 0. The number of nitrogens with zero attached hydrogens (tertiary/aromatic N) is 3. The zero-order valence-electron chi connectivity index (χ0n) is 5.17. The molecule has 0 unspecified atom stereocenters. The molecular weight excluding hydrogens is 102 g/mol. The van der Waals surface area contributed by atoms with E-state index in [1.807, 2.05) is 0 Å². The molecule has 0 fully saturated rings. The number of hydrogen-bond acceptors (Lipinski definition) is 1. The number of unbranched alkanes of at least 4 members (excludes halogenated alkanes) is 2. The van der Waals surface area contributed by atoms with Gasteiger partial charge in [0.25, 0.3) is 0 Å². The van der Waals surface area contributed by atoms with E-state index in [1.54, 1.807) is 0 Å².